The van der Waals surface area contributed by atoms with Crippen LogP contribution in [0, 0.1) is 0 Å². The minimum atomic E-state index is -0.213. The van der Waals surface area contributed by atoms with Crippen molar-refractivity contribution in [1.29, 1.82) is 0 Å². The second-order valence-corrected chi connectivity index (χ2v) is 7.43. The Kier molecular flexibility index (Phi) is 7.49. The van der Waals surface area contributed by atoms with Crippen LogP contribution < -0.4 is 10.2 Å². The lowest BCUT2D eigenvalue weighted by atomic mass is 10.1. The zero-order valence-corrected chi connectivity index (χ0v) is 17.3. The fraction of sp³-hybridized carbons (Fsp3) is 0.364. The molecule has 7 heteroatoms. The van der Waals surface area contributed by atoms with Gasteiger partial charge in [-0.25, -0.2) is 0 Å². The highest BCUT2D eigenvalue weighted by Gasteiger charge is 2.17. The van der Waals surface area contributed by atoms with E-state index in [1.807, 2.05) is 12.1 Å². The van der Waals surface area contributed by atoms with Crippen molar-refractivity contribution in [2.75, 3.05) is 44.8 Å². The molecule has 0 aliphatic carbocycles. The Bertz CT molecular complexity index is 835. The van der Waals surface area contributed by atoms with Crippen LogP contribution in [0.2, 0.25) is 5.02 Å². The molecule has 2 aromatic carbocycles. The summed E-state index contributed by atoms with van der Waals surface area (Å²) in [5.74, 6) is -0.229. The van der Waals surface area contributed by atoms with Crippen molar-refractivity contribution >= 4 is 29.1 Å². The van der Waals surface area contributed by atoms with Gasteiger partial charge in [0.25, 0.3) is 5.91 Å². The van der Waals surface area contributed by atoms with Crippen molar-refractivity contribution in [3.8, 4) is 0 Å². The van der Waals surface area contributed by atoms with Crippen LogP contribution in [0.25, 0.3) is 0 Å². The highest BCUT2D eigenvalue weighted by Crippen LogP contribution is 2.22. The zero-order valence-electron chi connectivity index (χ0n) is 16.6. The summed E-state index contributed by atoms with van der Waals surface area (Å²) in [6.07, 6.45) is 0.246. The van der Waals surface area contributed by atoms with Crippen LogP contribution in [-0.2, 0) is 16.1 Å². The number of nitrogens with zero attached hydrogens (tertiary/aromatic N) is 2. The Labute approximate surface area is 176 Å². The van der Waals surface area contributed by atoms with E-state index in [0.29, 0.717) is 17.1 Å². The summed E-state index contributed by atoms with van der Waals surface area (Å²) in [4.78, 5) is 28.6. The minimum Gasteiger partial charge on any atom is -0.378 e. The Morgan fingerprint density at radius 1 is 1.10 bits per heavy atom. The number of para-hydroxylation sites is 1. The molecule has 29 heavy (non-hydrogen) atoms. The van der Waals surface area contributed by atoms with E-state index in [1.54, 1.807) is 36.2 Å². The molecular weight excluding hydrogens is 390 g/mol. The molecule has 0 unspecified atom stereocenters. The summed E-state index contributed by atoms with van der Waals surface area (Å²) < 4.78 is 5.43. The topological polar surface area (TPSA) is 61.9 Å². The molecule has 2 amide bonds. The first-order valence-electron chi connectivity index (χ1n) is 9.73. The maximum absolute atomic E-state index is 12.5. The molecule has 154 valence electrons. The number of hydrogen-bond donors (Lipinski definition) is 1. The maximum Gasteiger partial charge on any atom is 0.251 e. The molecule has 3 rings (SSSR count). The smallest absolute Gasteiger partial charge is 0.251 e. The van der Waals surface area contributed by atoms with Gasteiger partial charge in [-0.15, -0.1) is 0 Å². The van der Waals surface area contributed by atoms with Crippen LogP contribution in [0.1, 0.15) is 22.3 Å². The summed E-state index contributed by atoms with van der Waals surface area (Å²) in [5, 5.41) is 3.36. The molecule has 0 atom stereocenters. The lowest BCUT2D eigenvalue weighted by Gasteiger charge is -2.31. The molecule has 0 bridgehead atoms. The van der Waals surface area contributed by atoms with Gasteiger partial charge in [-0.1, -0.05) is 29.8 Å². The van der Waals surface area contributed by atoms with Gasteiger partial charge < -0.3 is 19.9 Å². The van der Waals surface area contributed by atoms with E-state index in [0.717, 1.165) is 37.6 Å². The third-order valence-electron chi connectivity index (χ3n) is 4.91. The van der Waals surface area contributed by atoms with E-state index < -0.39 is 0 Å². The van der Waals surface area contributed by atoms with Crippen molar-refractivity contribution in [2.45, 2.75) is 13.0 Å². The monoisotopic (exact) mass is 415 g/mol. The number of nitrogens with one attached hydrogen (secondary N) is 1. The van der Waals surface area contributed by atoms with E-state index in [1.165, 1.54) is 0 Å². The number of carbonyl (C=O) groups is 2. The molecule has 1 heterocycles. The van der Waals surface area contributed by atoms with Gasteiger partial charge in [0.2, 0.25) is 5.91 Å². The van der Waals surface area contributed by atoms with Gasteiger partial charge in [0.05, 0.1) is 13.2 Å². The molecule has 1 aliphatic heterocycles. The third-order valence-corrected chi connectivity index (χ3v) is 5.16. The van der Waals surface area contributed by atoms with Gasteiger partial charge in [0.15, 0.2) is 0 Å². The van der Waals surface area contributed by atoms with Crippen LogP contribution in [0.4, 0.5) is 5.69 Å². The Morgan fingerprint density at radius 3 is 2.52 bits per heavy atom. The third kappa shape index (κ3) is 5.95. The minimum absolute atomic E-state index is 0.0156. The average molecular weight is 416 g/mol. The number of morpholine rings is 1. The molecule has 0 radical (unpaired) electrons. The van der Waals surface area contributed by atoms with E-state index in [2.05, 4.69) is 22.3 Å². The molecule has 1 saturated heterocycles. The molecule has 1 N–H and O–H groups in total. The fourth-order valence-corrected chi connectivity index (χ4v) is 3.40. The van der Waals surface area contributed by atoms with Gasteiger partial charge in [0, 0.05) is 55.9 Å². The SMILES string of the molecule is CN(Cc1ccccc1N1CCOCC1)C(=O)CCNC(=O)c1ccc(Cl)cc1. The van der Waals surface area contributed by atoms with Crippen LogP contribution in [0.3, 0.4) is 0 Å². The van der Waals surface area contributed by atoms with Crippen molar-refractivity contribution in [3.05, 3.63) is 64.7 Å². The van der Waals surface area contributed by atoms with Crippen LogP contribution in [-0.4, -0.2) is 56.6 Å². The Balaban J connectivity index is 1.50. The summed E-state index contributed by atoms with van der Waals surface area (Å²) in [7, 11) is 1.79. The second-order valence-electron chi connectivity index (χ2n) is 6.99. The standard InChI is InChI=1S/C22H26ClN3O3/c1-25(16-18-4-2-3-5-20(18)26-12-14-29-15-13-26)21(27)10-11-24-22(28)17-6-8-19(23)9-7-17/h2-9H,10-16H2,1H3,(H,24,28). The molecule has 0 saturated carbocycles. The first-order valence-corrected chi connectivity index (χ1v) is 10.1. The summed E-state index contributed by atoms with van der Waals surface area (Å²) >= 11 is 5.83. The van der Waals surface area contributed by atoms with Crippen LogP contribution in [0.15, 0.2) is 48.5 Å². The Hall–Kier alpha value is -2.57. The zero-order chi connectivity index (χ0) is 20.6. The number of anilines is 1. The molecule has 0 aromatic heterocycles. The number of halogens is 1. The molecular formula is C22H26ClN3O3. The summed E-state index contributed by atoms with van der Waals surface area (Å²) in [6.45, 7) is 3.96. The van der Waals surface area contributed by atoms with Gasteiger partial charge in [0.1, 0.15) is 0 Å². The second kappa shape index (κ2) is 10.3. The van der Waals surface area contributed by atoms with Gasteiger partial charge in [-0.05, 0) is 35.9 Å². The molecule has 6 nitrogen and oxygen atoms in total. The van der Waals surface area contributed by atoms with Crippen LogP contribution >= 0.6 is 11.6 Å². The van der Waals surface area contributed by atoms with Crippen molar-refractivity contribution < 1.29 is 14.3 Å². The number of rotatable bonds is 7. The van der Waals surface area contributed by atoms with E-state index in [4.69, 9.17) is 16.3 Å². The first kappa shape index (κ1) is 21.1. The predicted molar refractivity (Wildman–Crippen MR) is 114 cm³/mol. The predicted octanol–water partition coefficient (Wildman–Crippen LogP) is 2.96. The number of hydrogen-bond acceptors (Lipinski definition) is 4. The molecule has 2 aromatic rings. The number of carbonyl (C=O) groups excluding carboxylic acids is 2. The summed E-state index contributed by atoms with van der Waals surface area (Å²) in [6, 6.07) is 14.8. The molecule has 0 spiro atoms. The molecule has 1 aliphatic rings. The number of benzene rings is 2. The lowest BCUT2D eigenvalue weighted by molar-refractivity contribution is -0.130. The number of amides is 2. The number of ether oxygens (including phenoxy) is 1. The summed E-state index contributed by atoms with van der Waals surface area (Å²) in [5.41, 5.74) is 2.77. The van der Waals surface area contributed by atoms with E-state index in [-0.39, 0.29) is 24.8 Å². The molecule has 1 fully saturated rings. The van der Waals surface area contributed by atoms with Gasteiger partial charge in [-0.3, -0.25) is 9.59 Å². The lowest BCUT2D eigenvalue weighted by Crippen LogP contribution is -2.37. The van der Waals surface area contributed by atoms with Crippen molar-refractivity contribution in [2.24, 2.45) is 0 Å². The Morgan fingerprint density at radius 2 is 1.79 bits per heavy atom. The largest absolute Gasteiger partial charge is 0.378 e. The van der Waals surface area contributed by atoms with Gasteiger partial charge in [-0.2, -0.15) is 0 Å². The van der Waals surface area contributed by atoms with Crippen molar-refractivity contribution in [1.82, 2.24) is 10.2 Å². The highest BCUT2D eigenvalue weighted by molar-refractivity contribution is 6.30. The maximum atomic E-state index is 12.5. The quantitative estimate of drug-likeness (QED) is 0.755. The van der Waals surface area contributed by atoms with Crippen molar-refractivity contribution in [3.63, 3.8) is 0 Å². The van der Waals surface area contributed by atoms with E-state index in [9.17, 15) is 9.59 Å². The van der Waals surface area contributed by atoms with E-state index >= 15 is 0 Å². The highest BCUT2D eigenvalue weighted by atomic mass is 35.5. The van der Waals surface area contributed by atoms with Crippen LogP contribution in [0.5, 0.6) is 0 Å². The normalized spacial score (nSPS) is 13.8. The van der Waals surface area contributed by atoms with Gasteiger partial charge >= 0.3 is 0 Å². The fourth-order valence-electron chi connectivity index (χ4n) is 3.28. The first-order chi connectivity index (χ1) is 14.0. The average Bonchev–Trinajstić information content (AvgIpc) is 2.75.